The van der Waals surface area contributed by atoms with Crippen LogP contribution in [0.15, 0.2) is 77.1 Å². The molecule has 0 aliphatic carbocycles. The molecule has 3 aromatic rings. The number of nitrogens with two attached hydrogens (primary N) is 1. The van der Waals surface area contributed by atoms with E-state index >= 15 is 0 Å². The Morgan fingerprint density at radius 2 is 1.76 bits per heavy atom. The van der Waals surface area contributed by atoms with E-state index in [1.165, 1.54) is 5.39 Å². The van der Waals surface area contributed by atoms with Gasteiger partial charge >= 0.3 is 0 Å². The fourth-order valence-corrected chi connectivity index (χ4v) is 2.08. The monoisotopic (exact) mass is 274 g/mol. The summed E-state index contributed by atoms with van der Waals surface area (Å²) in [5, 5.41) is 10.4. The first-order valence-corrected chi connectivity index (χ1v) is 6.60. The van der Waals surface area contributed by atoms with Gasteiger partial charge in [0, 0.05) is 11.8 Å². The predicted octanol–water partition coefficient (Wildman–Crippen LogP) is 2.97. The van der Waals surface area contributed by atoms with Gasteiger partial charge in [0.15, 0.2) is 5.84 Å². The highest BCUT2D eigenvalue weighted by Crippen LogP contribution is 2.16. The Kier molecular flexibility index (Phi) is 3.69. The van der Waals surface area contributed by atoms with Gasteiger partial charge in [-0.25, -0.2) is 0 Å². The molecule has 1 heterocycles. The third-order valence-corrected chi connectivity index (χ3v) is 3.11. The number of fused-ring (bicyclic) bond motifs is 1. The zero-order valence-electron chi connectivity index (χ0n) is 11.3. The Hall–Kier alpha value is -3.01. The van der Waals surface area contributed by atoms with Crippen LogP contribution in [0, 0.1) is 0 Å². The summed E-state index contributed by atoms with van der Waals surface area (Å²) in [6.07, 6.45) is 3.38. The average Bonchev–Trinajstić information content (AvgIpc) is 2.56. The van der Waals surface area contributed by atoms with Crippen molar-refractivity contribution in [3.05, 3.63) is 78.1 Å². The Morgan fingerprint density at radius 1 is 0.952 bits per heavy atom. The molecule has 0 atom stereocenters. The molecule has 102 valence electrons. The lowest BCUT2D eigenvalue weighted by Gasteiger charge is -2.00. The average molecular weight is 274 g/mol. The van der Waals surface area contributed by atoms with E-state index in [1.807, 2.05) is 36.4 Å². The van der Waals surface area contributed by atoms with Gasteiger partial charge in [-0.2, -0.15) is 5.10 Å². The van der Waals surface area contributed by atoms with Crippen LogP contribution in [0.25, 0.3) is 10.8 Å². The Balaban J connectivity index is 1.89. The van der Waals surface area contributed by atoms with Crippen LogP contribution in [0.2, 0.25) is 0 Å². The number of hydrogen-bond acceptors (Lipinski definition) is 3. The molecule has 0 radical (unpaired) electrons. The van der Waals surface area contributed by atoms with E-state index < -0.39 is 0 Å². The van der Waals surface area contributed by atoms with Crippen LogP contribution in [0.4, 0.5) is 0 Å². The Labute approximate surface area is 122 Å². The summed E-state index contributed by atoms with van der Waals surface area (Å²) in [6, 6.07) is 19.7. The van der Waals surface area contributed by atoms with Gasteiger partial charge in [-0.15, -0.1) is 5.10 Å². The molecule has 0 spiro atoms. The summed E-state index contributed by atoms with van der Waals surface area (Å²) in [5.74, 6) is 0.298. The molecule has 0 amide bonds. The van der Waals surface area contributed by atoms with Crippen molar-refractivity contribution in [2.24, 2.45) is 15.9 Å². The van der Waals surface area contributed by atoms with E-state index in [-0.39, 0.29) is 0 Å². The summed E-state index contributed by atoms with van der Waals surface area (Å²) >= 11 is 0. The van der Waals surface area contributed by atoms with Crippen molar-refractivity contribution in [2.45, 2.75) is 0 Å². The van der Waals surface area contributed by atoms with Crippen molar-refractivity contribution in [2.75, 3.05) is 0 Å². The molecule has 0 bridgehead atoms. The number of amidine groups is 1. The number of pyridine rings is 1. The topological polar surface area (TPSA) is 63.6 Å². The maximum absolute atomic E-state index is 5.85. The second-order valence-corrected chi connectivity index (χ2v) is 4.51. The van der Waals surface area contributed by atoms with Crippen molar-refractivity contribution < 1.29 is 0 Å². The second-order valence-electron chi connectivity index (χ2n) is 4.51. The molecule has 2 aromatic carbocycles. The molecular formula is C17H14N4. The number of aromatic nitrogens is 1. The summed E-state index contributed by atoms with van der Waals surface area (Å²) in [7, 11) is 0. The summed E-state index contributed by atoms with van der Waals surface area (Å²) < 4.78 is 0. The van der Waals surface area contributed by atoms with Gasteiger partial charge in [0.2, 0.25) is 0 Å². The second kappa shape index (κ2) is 5.96. The molecular weight excluding hydrogens is 260 g/mol. The normalized spacial score (nSPS) is 12.1. The van der Waals surface area contributed by atoms with Crippen molar-refractivity contribution in [1.29, 1.82) is 0 Å². The largest absolute Gasteiger partial charge is 0.380 e. The molecule has 0 aliphatic heterocycles. The first-order valence-electron chi connectivity index (χ1n) is 6.60. The van der Waals surface area contributed by atoms with Gasteiger partial charge in [-0.3, -0.25) is 4.98 Å². The number of hydrogen-bond donors (Lipinski definition) is 1. The smallest absolute Gasteiger partial charge is 0.171 e. The lowest BCUT2D eigenvalue weighted by atomic mass is 10.1. The van der Waals surface area contributed by atoms with Crippen LogP contribution in [0.5, 0.6) is 0 Å². The molecule has 21 heavy (non-hydrogen) atoms. The van der Waals surface area contributed by atoms with Crippen LogP contribution in [-0.2, 0) is 0 Å². The lowest BCUT2D eigenvalue weighted by molar-refractivity contribution is 1.20. The van der Waals surface area contributed by atoms with E-state index in [1.54, 1.807) is 18.5 Å². The highest BCUT2D eigenvalue weighted by Gasteiger charge is 1.98. The zero-order valence-corrected chi connectivity index (χ0v) is 11.3. The third-order valence-electron chi connectivity index (χ3n) is 3.11. The highest BCUT2D eigenvalue weighted by atomic mass is 15.2. The SMILES string of the molecule is N/C(=N\N=C\c1cccc2ccccc12)c1ccccn1. The number of benzene rings is 2. The minimum absolute atomic E-state index is 0.298. The van der Waals surface area contributed by atoms with Crippen LogP contribution in [0.3, 0.4) is 0 Å². The summed E-state index contributed by atoms with van der Waals surface area (Å²) in [4.78, 5) is 4.12. The van der Waals surface area contributed by atoms with Crippen molar-refractivity contribution in [3.63, 3.8) is 0 Å². The molecule has 1 aromatic heterocycles. The molecule has 0 unspecified atom stereocenters. The first kappa shape index (κ1) is 13.0. The van der Waals surface area contributed by atoms with Crippen LogP contribution in [-0.4, -0.2) is 17.0 Å². The predicted molar refractivity (Wildman–Crippen MR) is 86.5 cm³/mol. The number of nitrogens with zero attached hydrogens (tertiary/aromatic N) is 3. The van der Waals surface area contributed by atoms with Gasteiger partial charge in [0.05, 0.1) is 6.21 Å². The molecule has 4 nitrogen and oxygen atoms in total. The summed E-state index contributed by atoms with van der Waals surface area (Å²) in [5.41, 5.74) is 7.47. The van der Waals surface area contributed by atoms with E-state index in [9.17, 15) is 0 Å². The lowest BCUT2D eigenvalue weighted by Crippen LogP contribution is -2.14. The van der Waals surface area contributed by atoms with Gasteiger partial charge in [-0.1, -0.05) is 48.5 Å². The van der Waals surface area contributed by atoms with E-state index in [2.05, 4.69) is 33.4 Å². The van der Waals surface area contributed by atoms with Gasteiger partial charge in [0.1, 0.15) is 5.69 Å². The van der Waals surface area contributed by atoms with E-state index in [0.717, 1.165) is 10.9 Å². The first-order chi connectivity index (χ1) is 10.3. The van der Waals surface area contributed by atoms with Gasteiger partial charge in [0.25, 0.3) is 0 Å². The highest BCUT2D eigenvalue weighted by molar-refractivity contribution is 6.00. The molecule has 0 saturated carbocycles. The molecule has 0 fully saturated rings. The van der Waals surface area contributed by atoms with E-state index in [4.69, 9.17) is 5.73 Å². The quantitative estimate of drug-likeness (QED) is 0.453. The molecule has 0 aliphatic rings. The third kappa shape index (κ3) is 2.95. The fraction of sp³-hybridized carbons (Fsp3) is 0. The van der Waals surface area contributed by atoms with Crippen molar-refractivity contribution in [3.8, 4) is 0 Å². The van der Waals surface area contributed by atoms with Gasteiger partial charge < -0.3 is 5.73 Å². The molecule has 3 rings (SSSR count). The standard InChI is InChI=1S/C17H14N4/c18-17(16-10-3-4-11-19-16)21-20-12-14-8-5-7-13-6-1-2-9-15(13)14/h1-12H,(H2,18,21)/b20-12+. The fourth-order valence-electron chi connectivity index (χ4n) is 2.08. The minimum Gasteiger partial charge on any atom is -0.380 e. The van der Waals surface area contributed by atoms with Crippen LogP contribution < -0.4 is 5.73 Å². The number of rotatable bonds is 3. The summed E-state index contributed by atoms with van der Waals surface area (Å²) in [6.45, 7) is 0. The maximum atomic E-state index is 5.85. The zero-order chi connectivity index (χ0) is 14.5. The molecule has 0 saturated heterocycles. The Bertz CT molecular complexity index is 802. The molecule has 2 N–H and O–H groups in total. The van der Waals surface area contributed by atoms with Gasteiger partial charge in [-0.05, 0) is 22.9 Å². The minimum atomic E-state index is 0.298. The van der Waals surface area contributed by atoms with Crippen molar-refractivity contribution >= 4 is 22.8 Å². The van der Waals surface area contributed by atoms with E-state index in [0.29, 0.717) is 11.5 Å². The van der Waals surface area contributed by atoms with Crippen LogP contribution >= 0.6 is 0 Å². The van der Waals surface area contributed by atoms with Crippen molar-refractivity contribution in [1.82, 2.24) is 4.98 Å². The molecule has 4 heteroatoms. The van der Waals surface area contributed by atoms with Crippen LogP contribution in [0.1, 0.15) is 11.3 Å². The Morgan fingerprint density at radius 3 is 2.62 bits per heavy atom. The maximum Gasteiger partial charge on any atom is 0.171 e.